The summed E-state index contributed by atoms with van der Waals surface area (Å²) in [7, 11) is 1.84. The van der Waals surface area contributed by atoms with E-state index in [1.54, 1.807) is 10.1 Å². The Morgan fingerprint density at radius 1 is 1.67 bits per heavy atom. The van der Waals surface area contributed by atoms with E-state index in [2.05, 4.69) is 10.1 Å². The van der Waals surface area contributed by atoms with Gasteiger partial charge in [-0.15, -0.1) is 22.9 Å². The summed E-state index contributed by atoms with van der Waals surface area (Å²) in [5.41, 5.74) is 1.19. The van der Waals surface area contributed by atoms with Crippen LogP contribution in [0.5, 0.6) is 0 Å². The molecule has 0 radical (unpaired) electrons. The van der Waals surface area contributed by atoms with Crippen LogP contribution in [0.2, 0.25) is 0 Å². The zero-order valence-electron chi connectivity index (χ0n) is 7.98. The topological polar surface area (TPSA) is 47.8 Å². The van der Waals surface area contributed by atoms with Gasteiger partial charge in [-0.1, -0.05) is 0 Å². The van der Waals surface area contributed by atoms with Crippen LogP contribution in [-0.4, -0.2) is 26.4 Å². The minimum Gasteiger partial charge on any atom is -0.291 e. The van der Waals surface area contributed by atoms with E-state index in [-0.39, 0.29) is 11.7 Å². The molecule has 15 heavy (non-hydrogen) atoms. The van der Waals surface area contributed by atoms with Gasteiger partial charge >= 0.3 is 0 Å². The Balaban J connectivity index is 2.31. The van der Waals surface area contributed by atoms with Crippen molar-refractivity contribution in [3.05, 3.63) is 23.3 Å². The number of thiazole rings is 1. The van der Waals surface area contributed by atoms with Crippen molar-refractivity contribution >= 4 is 28.7 Å². The molecule has 0 saturated carbocycles. The second kappa shape index (κ2) is 4.12. The van der Waals surface area contributed by atoms with Gasteiger partial charge in [-0.3, -0.25) is 9.48 Å². The Labute approximate surface area is 95.5 Å². The molecule has 0 amide bonds. The van der Waals surface area contributed by atoms with Crippen LogP contribution in [0, 0.1) is 0 Å². The number of halogens is 1. The van der Waals surface area contributed by atoms with Crippen molar-refractivity contribution in [1.29, 1.82) is 0 Å². The van der Waals surface area contributed by atoms with Crippen LogP contribution in [-0.2, 0) is 7.05 Å². The molecule has 0 aliphatic heterocycles. The van der Waals surface area contributed by atoms with Gasteiger partial charge in [0.25, 0.3) is 0 Å². The number of hydrogen-bond acceptors (Lipinski definition) is 4. The van der Waals surface area contributed by atoms with E-state index in [4.69, 9.17) is 11.6 Å². The van der Waals surface area contributed by atoms with Gasteiger partial charge in [-0.25, -0.2) is 4.98 Å². The van der Waals surface area contributed by atoms with E-state index in [1.165, 1.54) is 11.3 Å². The lowest BCUT2D eigenvalue weighted by molar-refractivity contribution is 0.101. The molecule has 2 aromatic rings. The Bertz CT molecular complexity index is 491. The SMILES string of the molecule is Cn1ccc(-c2nc(C(=O)CCl)cs2)n1. The molecule has 4 nitrogen and oxygen atoms in total. The number of carbonyl (C=O) groups excluding carboxylic acids is 1. The first-order valence-corrected chi connectivity index (χ1v) is 5.67. The number of aromatic nitrogens is 3. The highest BCUT2D eigenvalue weighted by Gasteiger charge is 2.11. The van der Waals surface area contributed by atoms with E-state index in [0.29, 0.717) is 5.69 Å². The number of ketones is 1. The van der Waals surface area contributed by atoms with Crippen molar-refractivity contribution in [3.63, 3.8) is 0 Å². The van der Waals surface area contributed by atoms with Crippen LogP contribution in [0.25, 0.3) is 10.7 Å². The summed E-state index contributed by atoms with van der Waals surface area (Å²) in [5, 5.41) is 6.64. The van der Waals surface area contributed by atoms with Gasteiger partial charge < -0.3 is 0 Å². The van der Waals surface area contributed by atoms with Crippen molar-refractivity contribution in [2.75, 3.05) is 5.88 Å². The normalized spacial score (nSPS) is 10.5. The van der Waals surface area contributed by atoms with E-state index in [0.717, 1.165) is 10.7 Å². The molecule has 0 spiro atoms. The average molecular weight is 242 g/mol. The van der Waals surface area contributed by atoms with E-state index >= 15 is 0 Å². The molecule has 0 aliphatic carbocycles. The van der Waals surface area contributed by atoms with Crippen LogP contribution in [0.15, 0.2) is 17.6 Å². The lowest BCUT2D eigenvalue weighted by atomic mass is 10.3. The maximum Gasteiger partial charge on any atom is 0.196 e. The van der Waals surface area contributed by atoms with Crippen LogP contribution >= 0.6 is 22.9 Å². The monoisotopic (exact) mass is 241 g/mol. The standard InChI is InChI=1S/C9H8ClN3OS/c1-13-3-2-6(12-13)9-11-7(5-15-9)8(14)4-10/h2-3,5H,4H2,1H3. The molecule has 0 atom stereocenters. The number of rotatable bonds is 3. The summed E-state index contributed by atoms with van der Waals surface area (Å²) in [6.45, 7) is 0. The molecule has 0 aromatic carbocycles. The Morgan fingerprint density at radius 3 is 3.07 bits per heavy atom. The number of carbonyl (C=O) groups is 1. The molecular weight excluding hydrogens is 234 g/mol. The van der Waals surface area contributed by atoms with Crippen LogP contribution in [0.1, 0.15) is 10.5 Å². The van der Waals surface area contributed by atoms with Crippen molar-refractivity contribution in [2.45, 2.75) is 0 Å². The minimum atomic E-state index is -0.157. The largest absolute Gasteiger partial charge is 0.291 e. The van der Waals surface area contributed by atoms with Gasteiger partial charge in [-0.05, 0) is 6.07 Å². The zero-order valence-corrected chi connectivity index (χ0v) is 9.55. The van der Waals surface area contributed by atoms with Crippen molar-refractivity contribution in [1.82, 2.24) is 14.8 Å². The first kappa shape index (κ1) is 10.3. The summed E-state index contributed by atoms with van der Waals surface area (Å²) in [5.74, 6) is -0.194. The summed E-state index contributed by atoms with van der Waals surface area (Å²) >= 11 is 6.83. The Kier molecular flexibility index (Phi) is 2.83. The minimum absolute atomic E-state index is 0.0363. The highest BCUT2D eigenvalue weighted by molar-refractivity contribution is 7.13. The molecule has 0 N–H and O–H groups in total. The predicted molar refractivity (Wildman–Crippen MR) is 59.4 cm³/mol. The number of hydrogen-bond donors (Lipinski definition) is 0. The van der Waals surface area contributed by atoms with E-state index in [1.807, 2.05) is 19.3 Å². The van der Waals surface area contributed by atoms with Gasteiger partial charge in [0, 0.05) is 18.6 Å². The lowest BCUT2D eigenvalue weighted by Crippen LogP contribution is -2.00. The highest BCUT2D eigenvalue weighted by atomic mass is 35.5. The summed E-state index contributed by atoms with van der Waals surface area (Å²) in [4.78, 5) is 15.4. The number of alkyl halides is 1. The highest BCUT2D eigenvalue weighted by Crippen LogP contribution is 2.21. The molecule has 2 rings (SSSR count). The maximum absolute atomic E-state index is 11.2. The van der Waals surface area contributed by atoms with Gasteiger partial charge in [0.15, 0.2) is 5.78 Å². The third-order valence-corrected chi connectivity index (χ3v) is 2.95. The molecular formula is C9H8ClN3OS. The Hall–Kier alpha value is -1.20. The number of aryl methyl sites for hydroxylation is 1. The Morgan fingerprint density at radius 2 is 2.47 bits per heavy atom. The molecule has 78 valence electrons. The van der Waals surface area contributed by atoms with Crippen molar-refractivity contribution in [2.24, 2.45) is 7.05 Å². The second-order valence-corrected chi connectivity index (χ2v) is 4.09. The lowest BCUT2D eigenvalue weighted by Gasteiger charge is -1.88. The van der Waals surface area contributed by atoms with Gasteiger partial charge in [0.05, 0.1) is 5.88 Å². The van der Waals surface area contributed by atoms with Crippen LogP contribution in [0.4, 0.5) is 0 Å². The molecule has 2 aromatic heterocycles. The third-order valence-electron chi connectivity index (χ3n) is 1.84. The fourth-order valence-electron chi connectivity index (χ4n) is 1.12. The zero-order chi connectivity index (χ0) is 10.8. The molecule has 0 saturated heterocycles. The molecule has 0 fully saturated rings. The fraction of sp³-hybridized carbons (Fsp3) is 0.222. The summed E-state index contributed by atoms with van der Waals surface area (Å²) in [6, 6.07) is 1.85. The van der Waals surface area contributed by atoms with Gasteiger partial charge in [0.1, 0.15) is 16.4 Å². The third kappa shape index (κ3) is 2.08. The quantitative estimate of drug-likeness (QED) is 0.610. The average Bonchev–Trinajstić information content (AvgIpc) is 2.84. The summed E-state index contributed by atoms with van der Waals surface area (Å²) in [6.07, 6.45) is 1.83. The predicted octanol–water partition coefficient (Wildman–Crippen LogP) is 1.97. The van der Waals surface area contributed by atoms with Crippen molar-refractivity contribution in [3.8, 4) is 10.7 Å². The summed E-state index contributed by atoms with van der Waals surface area (Å²) < 4.78 is 1.69. The number of Topliss-reactive ketones (excluding diaryl/α,β-unsaturated/α-hetero) is 1. The molecule has 0 bridgehead atoms. The van der Waals surface area contributed by atoms with E-state index in [9.17, 15) is 4.79 Å². The van der Waals surface area contributed by atoms with Crippen molar-refractivity contribution < 1.29 is 4.79 Å². The number of nitrogens with zero attached hydrogens (tertiary/aromatic N) is 3. The first-order chi connectivity index (χ1) is 7.20. The smallest absolute Gasteiger partial charge is 0.196 e. The molecule has 6 heteroatoms. The first-order valence-electron chi connectivity index (χ1n) is 4.25. The molecule has 0 aliphatic rings. The molecule has 0 unspecified atom stereocenters. The second-order valence-electron chi connectivity index (χ2n) is 2.97. The van der Waals surface area contributed by atoms with Crippen LogP contribution in [0.3, 0.4) is 0 Å². The van der Waals surface area contributed by atoms with Gasteiger partial charge in [-0.2, -0.15) is 5.10 Å². The van der Waals surface area contributed by atoms with Gasteiger partial charge in [0.2, 0.25) is 0 Å². The molecule has 2 heterocycles. The van der Waals surface area contributed by atoms with Crippen LogP contribution < -0.4 is 0 Å². The maximum atomic E-state index is 11.2. The van der Waals surface area contributed by atoms with E-state index < -0.39 is 0 Å². The fourth-order valence-corrected chi connectivity index (χ4v) is 2.04.